The smallest absolute Gasteiger partial charge is 0.159 e. The van der Waals surface area contributed by atoms with Crippen molar-refractivity contribution in [3.05, 3.63) is 102 Å². The Balaban J connectivity index is 1.99. The van der Waals surface area contributed by atoms with Gasteiger partial charge in [0.1, 0.15) is 11.6 Å². The van der Waals surface area contributed by atoms with Crippen LogP contribution in [0.1, 0.15) is 0 Å². The SMILES string of the molecule is COc1ccc(-c2c3ccc(F)cc3c(-c3ccc(F)c(F)c3)c3cc(F)c(F)cc23)cc1. The molecule has 0 saturated heterocycles. The summed E-state index contributed by atoms with van der Waals surface area (Å²) in [4.78, 5) is 0. The number of rotatable bonds is 3. The van der Waals surface area contributed by atoms with Crippen molar-refractivity contribution in [2.24, 2.45) is 0 Å². The minimum atomic E-state index is -1.11. The predicted molar refractivity (Wildman–Crippen MR) is 119 cm³/mol. The van der Waals surface area contributed by atoms with E-state index in [1.165, 1.54) is 31.4 Å². The zero-order valence-corrected chi connectivity index (χ0v) is 17.2. The van der Waals surface area contributed by atoms with E-state index < -0.39 is 29.1 Å². The first kappa shape index (κ1) is 20.9. The maximum Gasteiger partial charge on any atom is 0.159 e. The lowest BCUT2D eigenvalue weighted by atomic mass is 9.85. The van der Waals surface area contributed by atoms with Crippen LogP contribution in [-0.4, -0.2) is 7.11 Å². The van der Waals surface area contributed by atoms with Crippen LogP contribution in [0.15, 0.2) is 72.8 Å². The van der Waals surface area contributed by atoms with Gasteiger partial charge in [-0.2, -0.15) is 0 Å². The molecule has 0 aliphatic heterocycles. The standard InChI is InChI=1S/C27H15F5O/c1-33-17-6-2-14(3-7-17)26-18-8-5-16(28)11-19(18)27(15-4-9-22(29)23(30)10-15)21-13-25(32)24(31)12-20(21)26/h2-13H,1H3. The number of methoxy groups -OCH3 is 1. The molecule has 0 atom stereocenters. The number of hydrogen-bond acceptors (Lipinski definition) is 1. The molecule has 0 spiro atoms. The van der Waals surface area contributed by atoms with Crippen LogP contribution in [0, 0.1) is 29.1 Å². The van der Waals surface area contributed by atoms with Crippen LogP contribution in [0.5, 0.6) is 5.75 Å². The van der Waals surface area contributed by atoms with E-state index in [0.29, 0.717) is 33.0 Å². The quantitative estimate of drug-likeness (QED) is 0.200. The molecule has 5 aromatic carbocycles. The van der Waals surface area contributed by atoms with Crippen molar-refractivity contribution in [2.75, 3.05) is 7.11 Å². The van der Waals surface area contributed by atoms with Crippen molar-refractivity contribution in [3.63, 3.8) is 0 Å². The maximum atomic E-state index is 14.4. The molecule has 5 aromatic rings. The van der Waals surface area contributed by atoms with Gasteiger partial charge < -0.3 is 4.74 Å². The van der Waals surface area contributed by atoms with Gasteiger partial charge in [0, 0.05) is 0 Å². The second kappa shape index (κ2) is 7.89. The topological polar surface area (TPSA) is 9.23 Å². The van der Waals surface area contributed by atoms with Gasteiger partial charge in [-0.3, -0.25) is 0 Å². The van der Waals surface area contributed by atoms with Crippen LogP contribution in [0.4, 0.5) is 22.0 Å². The van der Waals surface area contributed by atoms with Crippen molar-refractivity contribution >= 4 is 21.5 Å². The first-order valence-corrected chi connectivity index (χ1v) is 10.0. The molecule has 0 heterocycles. The lowest BCUT2D eigenvalue weighted by Crippen LogP contribution is -1.95. The summed E-state index contributed by atoms with van der Waals surface area (Å²) < 4.78 is 76.1. The Morgan fingerprint density at radius 2 is 1.03 bits per heavy atom. The van der Waals surface area contributed by atoms with E-state index >= 15 is 0 Å². The highest BCUT2D eigenvalue weighted by Crippen LogP contribution is 2.44. The van der Waals surface area contributed by atoms with Crippen molar-refractivity contribution < 1.29 is 26.7 Å². The molecule has 0 fully saturated rings. The third-order valence-corrected chi connectivity index (χ3v) is 5.71. The largest absolute Gasteiger partial charge is 0.497 e. The molecule has 0 aromatic heterocycles. The van der Waals surface area contributed by atoms with Gasteiger partial charge in [-0.15, -0.1) is 0 Å². The van der Waals surface area contributed by atoms with E-state index in [0.717, 1.165) is 24.3 Å². The molecule has 0 amide bonds. The number of halogens is 5. The Bertz CT molecular complexity index is 1540. The summed E-state index contributed by atoms with van der Waals surface area (Å²) in [5, 5.41) is 1.48. The summed E-state index contributed by atoms with van der Waals surface area (Å²) in [6.45, 7) is 0. The molecule has 5 rings (SSSR count). The highest BCUT2D eigenvalue weighted by atomic mass is 19.2. The molecule has 0 N–H and O–H groups in total. The first-order valence-electron chi connectivity index (χ1n) is 10.0. The molecule has 0 radical (unpaired) electrons. The van der Waals surface area contributed by atoms with Crippen LogP contribution >= 0.6 is 0 Å². The normalized spacial score (nSPS) is 11.3. The van der Waals surface area contributed by atoms with Gasteiger partial charge in [-0.25, -0.2) is 22.0 Å². The van der Waals surface area contributed by atoms with E-state index in [4.69, 9.17) is 4.74 Å². The molecule has 0 aliphatic rings. The van der Waals surface area contributed by atoms with Crippen molar-refractivity contribution in [1.29, 1.82) is 0 Å². The summed E-state index contributed by atoms with van der Waals surface area (Å²) in [6, 6.07) is 16.3. The summed E-state index contributed by atoms with van der Waals surface area (Å²) in [6.07, 6.45) is 0. The van der Waals surface area contributed by atoms with Gasteiger partial charge in [-0.05, 0) is 92.3 Å². The number of hydrogen-bond donors (Lipinski definition) is 0. The van der Waals surface area contributed by atoms with E-state index in [2.05, 4.69) is 0 Å². The van der Waals surface area contributed by atoms with Gasteiger partial charge in [-0.1, -0.05) is 24.3 Å². The molecule has 6 heteroatoms. The summed E-state index contributed by atoms with van der Waals surface area (Å²) in [5.41, 5.74) is 1.70. The Kier molecular flexibility index (Phi) is 5.01. The van der Waals surface area contributed by atoms with Crippen LogP contribution in [0.3, 0.4) is 0 Å². The fraction of sp³-hybridized carbons (Fsp3) is 0.0370. The van der Waals surface area contributed by atoms with Gasteiger partial charge in [0.2, 0.25) is 0 Å². The first-order chi connectivity index (χ1) is 15.9. The third-order valence-electron chi connectivity index (χ3n) is 5.71. The lowest BCUT2D eigenvalue weighted by molar-refractivity contribution is 0.415. The highest BCUT2D eigenvalue weighted by molar-refractivity contribution is 6.21. The third kappa shape index (κ3) is 3.48. The average molecular weight is 450 g/mol. The van der Waals surface area contributed by atoms with E-state index in [1.807, 2.05) is 0 Å². The maximum absolute atomic E-state index is 14.4. The number of ether oxygens (including phenoxy) is 1. The van der Waals surface area contributed by atoms with Crippen molar-refractivity contribution in [3.8, 4) is 28.0 Å². The molecule has 33 heavy (non-hydrogen) atoms. The van der Waals surface area contributed by atoms with Gasteiger partial charge in [0.25, 0.3) is 0 Å². The zero-order valence-electron chi connectivity index (χ0n) is 17.2. The summed E-state index contributed by atoms with van der Waals surface area (Å²) >= 11 is 0. The van der Waals surface area contributed by atoms with Gasteiger partial charge in [0.15, 0.2) is 23.3 Å². The molecular formula is C27H15F5O. The monoisotopic (exact) mass is 450 g/mol. The van der Waals surface area contributed by atoms with E-state index in [9.17, 15) is 22.0 Å². The highest BCUT2D eigenvalue weighted by Gasteiger charge is 2.20. The van der Waals surface area contributed by atoms with Crippen LogP contribution < -0.4 is 4.74 Å². The Morgan fingerprint density at radius 1 is 0.485 bits per heavy atom. The summed E-state index contributed by atoms with van der Waals surface area (Å²) in [5.74, 6) is -4.28. The number of fused-ring (bicyclic) bond motifs is 2. The molecule has 0 aliphatic carbocycles. The number of benzene rings is 5. The second-order valence-corrected chi connectivity index (χ2v) is 7.61. The Hall–Kier alpha value is -3.93. The van der Waals surface area contributed by atoms with E-state index in [1.54, 1.807) is 24.3 Å². The fourth-order valence-electron chi connectivity index (χ4n) is 4.22. The minimum Gasteiger partial charge on any atom is -0.497 e. The summed E-state index contributed by atoms with van der Waals surface area (Å²) in [7, 11) is 1.53. The molecular weight excluding hydrogens is 435 g/mol. The fourth-order valence-corrected chi connectivity index (χ4v) is 4.22. The molecule has 1 nitrogen and oxygen atoms in total. The van der Waals surface area contributed by atoms with Crippen LogP contribution in [0.2, 0.25) is 0 Å². The van der Waals surface area contributed by atoms with Crippen LogP contribution in [0.25, 0.3) is 43.8 Å². The molecule has 0 unspecified atom stereocenters. The zero-order chi connectivity index (χ0) is 23.3. The van der Waals surface area contributed by atoms with Crippen LogP contribution in [-0.2, 0) is 0 Å². The molecule has 0 bridgehead atoms. The lowest BCUT2D eigenvalue weighted by Gasteiger charge is -2.18. The minimum absolute atomic E-state index is 0.210. The Labute approximate surface area is 185 Å². The van der Waals surface area contributed by atoms with Crippen molar-refractivity contribution in [2.45, 2.75) is 0 Å². The van der Waals surface area contributed by atoms with Gasteiger partial charge in [0.05, 0.1) is 7.11 Å². The van der Waals surface area contributed by atoms with E-state index in [-0.39, 0.29) is 16.5 Å². The average Bonchev–Trinajstić information content (AvgIpc) is 2.81. The predicted octanol–water partition coefficient (Wildman–Crippen LogP) is 8.03. The van der Waals surface area contributed by atoms with Crippen molar-refractivity contribution in [1.82, 2.24) is 0 Å². The molecule has 164 valence electrons. The van der Waals surface area contributed by atoms with Gasteiger partial charge >= 0.3 is 0 Å². The second-order valence-electron chi connectivity index (χ2n) is 7.61. The Morgan fingerprint density at radius 3 is 1.64 bits per heavy atom. The molecule has 0 saturated carbocycles.